The van der Waals surface area contributed by atoms with Crippen LogP contribution in [-0.2, 0) is 31.1 Å². The van der Waals surface area contributed by atoms with Gasteiger partial charge in [-0.05, 0) is 25.0 Å². The lowest BCUT2D eigenvalue weighted by atomic mass is 9.76. The van der Waals surface area contributed by atoms with Crippen LogP contribution < -0.4 is 10.6 Å². The van der Waals surface area contributed by atoms with Crippen LogP contribution in [0, 0.1) is 18.8 Å². The lowest BCUT2D eigenvalue weighted by molar-refractivity contribution is -0.143. The van der Waals surface area contributed by atoms with E-state index in [-0.39, 0.29) is 36.9 Å². The number of ether oxygens (including phenoxy) is 1. The third kappa shape index (κ3) is 2.84. The number of anilines is 1. The van der Waals surface area contributed by atoms with E-state index in [1.807, 2.05) is 55.5 Å². The van der Waals surface area contributed by atoms with Gasteiger partial charge in [-0.3, -0.25) is 24.6 Å². The normalized spacial score (nSPS) is 28.9. The number of carbonyl (C=O) groups is 3. The summed E-state index contributed by atoms with van der Waals surface area (Å²) < 4.78 is 5.11. The molecule has 0 aliphatic carbocycles. The molecule has 4 unspecified atom stereocenters. The third-order valence-electron chi connectivity index (χ3n) is 6.78. The number of likely N-dealkylation sites (tertiary alicyclic amines) is 1. The zero-order valence-electron chi connectivity index (χ0n) is 17.6. The van der Waals surface area contributed by atoms with Gasteiger partial charge in [0.05, 0.1) is 25.0 Å². The topological polar surface area (TPSA) is 87.7 Å². The van der Waals surface area contributed by atoms with E-state index in [0.29, 0.717) is 12.1 Å². The van der Waals surface area contributed by atoms with Crippen molar-refractivity contribution in [3.8, 4) is 0 Å². The van der Waals surface area contributed by atoms with Crippen molar-refractivity contribution in [3.05, 3.63) is 65.2 Å². The number of amides is 3. The van der Waals surface area contributed by atoms with Gasteiger partial charge in [-0.2, -0.15) is 0 Å². The summed E-state index contributed by atoms with van der Waals surface area (Å²) in [6, 6.07) is 15.2. The van der Waals surface area contributed by atoms with Crippen LogP contribution in [0.25, 0.3) is 0 Å². The maximum Gasteiger partial charge on any atom is 0.250 e. The number of benzene rings is 2. The van der Waals surface area contributed by atoms with Gasteiger partial charge in [0, 0.05) is 24.4 Å². The molecule has 2 N–H and O–H groups in total. The largest absolute Gasteiger partial charge is 0.383 e. The van der Waals surface area contributed by atoms with Crippen LogP contribution >= 0.6 is 0 Å². The molecule has 3 heterocycles. The molecular formula is C24H25N3O4. The van der Waals surface area contributed by atoms with Crippen molar-refractivity contribution in [3.63, 3.8) is 0 Å². The molecule has 2 aromatic rings. The van der Waals surface area contributed by atoms with E-state index in [2.05, 4.69) is 10.6 Å². The van der Waals surface area contributed by atoms with Crippen LogP contribution in [0.15, 0.2) is 48.5 Å². The SMILES string of the molecule is COCCN1C(=O)C2C(Cc3ccccc3)NC3(C(=O)Nc4ccc(C)cc43)C2C1=O. The molecular weight excluding hydrogens is 394 g/mol. The first-order valence-corrected chi connectivity index (χ1v) is 10.6. The lowest BCUT2D eigenvalue weighted by Crippen LogP contribution is -2.53. The summed E-state index contributed by atoms with van der Waals surface area (Å²) in [5.74, 6) is -2.20. The molecule has 3 aliphatic heterocycles. The van der Waals surface area contributed by atoms with Crippen LogP contribution in [0.3, 0.4) is 0 Å². The van der Waals surface area contributed by atoms with Crippen molar-refractivity contribution >= 4 is 23.4 Å². The average Bonchev–Trinajstić information content (AvgIpc) is 3.33. The van der Waals surface area contributed by atoms with Crippen LogP contribution in [0.4, 0.5) is 5.69 Å². The minimum atomic E-state index is -1.25. The van der Waals surface area contributed by atoms with E-state index in [0.717, 1.165) is 16.7 Å². The van der Waals surface area contributed by atoms with E-state index in [9.17, 15) is 14.4 Å². The predicted octanol–water partition coefficient (Wildman–Crippen LogP) is 1.60. The summed E-state index contributed by atoms with van der Waals surface area (Å²) in [4.78, 5) is 41.6. The van der Waals surface area contributed by atoms with E-state index < -0.39 is 17.4 Å². The summed E-state index contributed by atoms with van der Waals surface area (Å²) in [6.45, 7) is 2.41. The molecule has 3 aliphatic rings. The van der Waals surface area contributed by atoms with Crippen LogP contribution in [-0.4, -0.2) is 48.9 Å². The molecule has 160 valence electrons. The second-order valence-electron chi connectivity index (χ2n) is 8.58. The highest BCUT2D eigenvalue weighted by Gasteiger charge is 2.70. The molecule has 0 saturated carbocycles. The second kappa shape index (κ2) is 7.28. The summed E-state index contributed by atoms with van der Waals surface area (Å²) in [7, 11) is 1.54. The molecule has 2 fully saturated rings. The smallest absolute Gasteiger partial charge is 0.250 e. The highest BCUT2D eigenvalue weighted by atomic mass is 16.5. The molecule has 0 bridgehead atoms. The summed E-state index contributed by atoms with van der Waals surface area (Å²) in [5.41, 5.74) is 2.23. The molecule has 7 nitrogen and oxygen atoms in total. The number of imide groups is 1. The Hall–Kier alpha value is -3.03. The zero-order chi connectivity index (χ0) is 21.8. The van der Waals surface area contributed by atoms with Gasteiger partial charge in [0.15, 0.2) is 0 Å². The number of nitrogens with zero attached hydrogens (tertiary/aromatic N) is 1. The molecule has 0 aromatic heterocycles. The Balaban J connectivity index is 1.62. The first-order chi connectivity index (χ1) is 15.0. The van der Waals surface area contributed by atoms with E-state index in [1.54, 1.807) is 0 Å². The Bertz CT molecular complexity index is 1070. The highest BCUT2D eigenvalue weighted by Crippen LogP contribution is 2.53. The number of carbonyl (C=O) groups excluding carboxylic acids is 3. The molecule has 3 amide bonds. The molecule has 1 spiro atoms. The predicted molar refractivity (Wildman–Crippen MR) is 114 cm³/mol. The van der Waals surface area contributed by atoms with Gasteiger partial charge < -0.3 is 10.1 Å². The highest BCUT2D eigenvalue weighted by molar-refractivity contribution is 6.15. The van der Waals surface area contributed by atoms with E-state index in [4.69, 9.17) is 4.74 Å². The van der Waals surface area contributed by atoms with Gasteiger partial charge in [-0.25, -0.2) is 0 Å². The number of hydrogen-bond donors (Lipinski definition) is 2. The average molecular weight is 419 g/mol. The van der Waals surface area contributed by atoms with Crippen molar-refractivity contribution in [2.45, 2.75) is 24.9 Å². The maximum atomic E-state index is 13.5. The van der Waals surface area contributed by atoms with Gasteiger partial charge in [-0.1, -0.05) is 48.0 Å². The summed E-state index contributed by atoms with van der Waals surface area (Å²) >= 11 is 0. The Morgan fingerprint density at radius 2 is 1.84 bits per heavy atom. The summed E-state index contributed by atoms with van der Waals surface area (Å²) in [5, 5.41) is 6.42. The Labute approximate surface area is 180 Å². The molecule has 31 heavy (non-hydrogen) atoms. The Morgan fingerprint density at radius 3 is 2.58 bits per heavy atom. The zero-order valence-corrected chi connectivity index (χ0v) is 17.6. The minimum absolute atomic E-state index is 0.192. The minimum Gasteiger partial charge on any atom is -0.383 e. The van der Waals surface area contributed by atoms with Crippen LogP contribution in [0.2, 0.25) is 0 Å². The number of methoxy groups -OCH3 is 1. The van der Waals surface area contributed by atoms with Crippen molar-refractivity contribution < 1.29 is 19.1 Å². The van der Waals surface area contributed by atoms with Gasteiger partial charge in [0.2, 0.25) is 17.7 Å². The molecule has 2 saturated heterocycles. The third-order valence-corrected chi connectivity index (χ3v) is 6.78. The monoisotopic (exact) mass is 419 g/mol. The quantitative estimate of drug-likeness (QED) is 0.719. The number of nitrogens with one attached hydrogen (secondary N) is 2. The van der Waals surface area contributed by atoms with Gasteiger partial charge in [0.25, 0.3) is 0 Å². The molecule has 2 aromatic carbocycles. The van der Waals surface area contributed by atoms with Crippen molar-refractivity contribution in [2.75, 3.05) is 25.6 Å². The molecule has 4 atom stereocenters. The molecule has 0 radical (unpaired) electrons. The van der Waals surface area contributed by atoms with Gasteiger partial charge >= 0.3 is 0 Å². The standard InChI is InChI=1S/C24H25N3O4/c1-14-8-9-17-16(12-14)24(23(30)25-17)20-19(21(28)27(22(20)29)10-11-31-2)18(26-24)13-15-6-4-3-5-7-15/h3-9,12,18-20,26H,10-11,13H2,1-2H3,(H,25,30). The van der Waals surface area contributed by atoms with Gasteiger partial charge in [0.1, 0.15) is 5.54 Å². The first-order valence-electron chi connectivity index (χ1n) is 10.6. The number of aryl methyl sites for hydroxylation is 1. The number of rotatable bonds is 5. The van der Waals surface area contributed by atoms with Gasteiger partial charge in [-0.15, -0.1) is 0 Å². The number of hydrogen-bond acceptors (Lipinski definition) is 5. The van der Waals surface area contributed by atoms with E-state index >= 15 is 0 Å². The van der Waals surface area contributed by atoms with Crippen molar-refractivity contribution in [1.82, 2.24) is 10.2 Å². The van der Waals surface area contributed by atoms with E-state index in [1.165, 1.54) is 12.0 Å². The Kier molecular flexibility index (Phi) is 4.68. The lowest BCUT2D eigenvalue weighted by Gasteiger charge is -2.29. The Morgan fingerprint density at radius 1 is 1.06 bits per heavy atom. The fraction of sp³-hybridized carbons (Fsp3) is 0.375. The maximum absolute atomic E-state index is 13.5. The van der Waals surface area contributed by atoms with Crippen LogP contribution in [0.1, 0.15) is 16.7 Å². The number of fused-ring (bicyclic) bond motifs is 4. The summed E-state index contributed by atoms with van der Waals surface area (Å²) in [6.07, 6.45) is 0.551. The van der Waals surface area contributed by atoms with Crippen molar-refractivity contribution in [1.29, 1.82) is 0 Å². The molecule has 5 rings (SSSR count). The fourth-order valence-electron chi connectivity index (χ4n) is 5.42. The van der Waals surface area contributed by atoms with Crippen LogP contribution in [0.5, 0.6) is 0 Å². The molecule has 7 heteroatoms. The second-order valence-corrected chi connectivity index (χ2v) is 8.58. The first kappa shape index (κ1) is 19.9. The van der Waals surface area contributed by atoms with Crippen molar-refractivity contribution in [2.24, 2.45) is 11.8 Å². The fourth-order valence-corrected chi connectivity index (χ4v) is 5.42.